The van der Waals surface area contributed by atoms with Crippen LogP contribution in [0.5, 0.6) is 11.5 Å². The zero-order valence-electron chi connectivity index (χ0n) is 12.5. The number of hydrazone groups is 1. The van der Waals surface area contributed by atoms with E-state index in [-0.39, 0.29) is 6.61 Å². The quantitative estimate of drug-likeness (QED) is 0.288. The third-order valence-corrected chi connectivity index (χ3v) is 3.93. The first-order chi connectivity index (χ1) is 11.9. The third-order valence-electron chi connectivity index (χ3n) is 2.85. The van der Waals surface area contributed by atoms with Gasteiger partial charge in [-0.1, -0.05) is 11.6 Å². The van der Waals surface area contributed by atoms with Crippen molar-refractivity contribution in [3.05, 3.63) is 60.7 Å². The summed E-state index contributed by atoms with van der Waals surface area (Å²) in [5.74, 6) is -0.439. The summed E-state index contributed by atoms with van der Waals surface area (Å²) >= 11 is 7.86. The number of nitro groups is 1. The van der Waals surface area contributed by atoms with Crippen LogP contribution in [0.4, 0.5) is 5.69 Å². The molecule has 0 saturated carbocycles. The molecule has 0 aromatic heterocycles. The number of rotatable bonds is 6. The lowest BCUT2D eigenvalue weighted by atomic mass is 10.2. The minimum Gasteiger partial charge on any atom is -0.502 e. The lowest BCUT2D eigenvalue weighted by molar-refractivity contribution is -0.385. The third kappa shape index (κ3) is 5.57. The summed E-state index contributed by atoms with van der Waals surface area (Å²) in [6.07, 6.45) is 1.22. The number of hydrogen-bond acceptors (Lipinski definition) is 6. The van der Waals surface area contributed by atoms with Gasteiger partial charge in [0.1, 0.15) is 5.75 Å². The maximum Gasteiger partial charge on any atom is 0.311 e. The Kier molecular flexibility index (Phi) is 6.53. The van der Waals surface area contributed by atoms with Gasteiger partial charge >= 0.3 is 5.69 Å². The number of aromatic hydroxyl groups is 1. The van der Waals surface area contributed by atoms with Crippen molar-refractivity contribution >= 4 is 52.0 Å². The zero-order valence-corrected chi connectivity index (χ0v) is 15.4. The first-order valence-corrected chi connectivity index (χ1v) is 8.19. The molecule has 2 rings (SSSR count). The number of hydrogen-bond donors (Lipinski definition) is 2. The Hall–Kier alpha value is -2.40. The second-order valence-corrected chi connectivity index (χ2v) is 6.26. The second-order valence-electron chi connectivity index (χ2n) is 4.66. The normalized spacial score (nSPS) is 10.6. The number of carbonyl (C=O) groups is 1. The van der Waals surface area contributed by atoms with Crippen LogP contribution in [0, 0.1) is 13.7 Å². The van der Waals surface area contributed by atoms with E-state index >= 15 is 0 Å². The van der Waals surface area contributed by atoms with Crippen LogP contribution in [-0.2, 0) is 4.79 Å². The molecule has 0 bridgehead atoms. The molecule has 2 N–H and O–H groups in total. The highest BCUT2D eigenvalue weighted by Crippen LogP contribution is 2.25. The van der Waals surface area contributed by atoms with Gasteiger partial charge in [-0.3, -0.25) is 14.9 Å². The van der Waals surface area contributed by atoms with Crippen LogP contribution >= 0.6 is 34.2 Å². The molecule has 2 aromatic rings. The molecule has 0 aliphatic carbocycles. The summed E-state index contributed by atoms with van der Waals surface area (Å²) < 4.78 is 6.11. The Morgan fingerprint density at radius 2 is 2.16 bits per heavy atom. The van der Waals surface area contributed by atoms with Crippen LogP contribution in [0.2, 0.25) is 5.02 Å². The maximum atomic E-state index is 11.7. The summed E-state index contributed by atoms with van der Waals surface area (Å²) in [7, 11) is 0. The Bertz CT molecular complexity index is 844. The molecule has 0 heterocycles. The highest BCUT2D eigenvalue weighted by atomic mass is 127. The average molecular weight is 476 g/mol. The Balaban J connectivity index is 1.90. The van der Waals surface area contributed by atoms with Crippen molar-refractivity contribution in [3.8, 4) is 11.5 Å². The number of nitrogens with zero attached hydrogens (tertiary/aromatic N) is 2. The van der Waals surface area contributed by atoms with E-state index in [2.05, 4.69) is 10.5 Å². The van der Waals surface area contributed by atoms with Gasteiger partial charge in [0.05, 0.1) is 14.7 Å². The van der Waals surface area contributed by atoms with Crippen molar-refractivity contribution in [3.63, 3.8) is 0 Å². The molecule has 0 radical (unpaired) electrons. The molecule has 25 heavy (non-hydrogen) atoms. The van der Waals surface area contributed by atoms with Crippen LogP contribution in [-0.4, -0.2) is 28.8 Å². The summed E-state index contributed by atoms with van der Waals surface area (Å²) in [5.41, 5.74) is 2.14. The second kappa shape index (κ2) is 8.62. The molecule has 1 amide bonds. The van der Waals surface area contributed by atoms with E-state index in [9.17, 15) is 20.0 Å². The van der Waals surface area contributed by atoms with Gasteiger partial charge in [0.15, 0.2) is 12.4 Å². The van der Waals surface area contributed by atoms with E-state index in [1.807, 2.05) is 22.6 Å². The first kappa shape index (κ1) is 18.9. The highest BCUT2D eigenvalue weighted by Gasteiger charge is 2.12. The molecule has 0 atom stereocenters. The summed E-state index contributed by atoms with van der Waals surface area (Å²) in [6.45, 7) is -0.259. The summed E-state index contributed by atoms with van der Waals surface area (Å²) in [6, 6.07) is 8.73. The number of halogens is 2. The Labute approximate surface area is 160 Å². The first-order valence-electron chi connectivity index (χ1n) is 6.74. The van der Waals surface area contributed by atoms with Crippen LogP contribution in [0.1, 0.15) is 5.56 Å². The van der Waals surface area contributed by atoms with Gasteiger partial charge in [0.25, 0.3) is 5.91 Å². The molecule has 0 spiro atoms. The standard InChI is InChI=1S/C15H11ClIN3O5/c16-10-2-4-14(11(17)6-10)25-8-15(22)19-18-7-9-1-3-13(21)12(5-9)20(23)24/h1-7,21H,8H2,(H,19,22)/b18-7-. The number of benzene rings is 2. The fraction of sp³-hybridized carbons (Fsp3) is 0.0667. The number of phenols is 1. The number of nitro benzene ring substituents is 1. The molecule has 130 valence electrons. The van der Waals surface area contributed by atoms with Gasteiger partial charge in [0, 0.05) is 16.7 Å². The van der Waals surface area contributed by atoms with Gasteiger partial charge in [-0.15, -0.1) is 0 Å². The summed E-state index contributed by atoms with van der Waals surface area (Å²) in [5, 5.41) is 24.3. The smallest absolute Gasteiger partial charge is 0.311 e. The monoisotopic (exact) mass is 475 g/mol. The van der Waals surface area contributed by atoms with Crippen molar-refractivity contribution in [2.24, 2.45) is 5.10 Å². The molecule has 10 heteroatoms. The van der Waals surface area contributed by atoms with E-state index in [1.54, 1.807) is 18.2 Å². The predicted octanol–water partition coefficient (Wildman–Crippen LogP) is 3.09. The van der Waals surface area contributed by atoms with Crippen molar-refractivity contribution in [1.29, 1.82) is 0 Å². The minimum atomic E-state index is -0.715. The molecule has 0 aliphatic rings. The van der Waals surface area contributed by atoms with Gasteiger partial charge < -0.3 is 9.84 Å². The van der Waals surface area contributed by atoms with Crippen LogP contribution in [0.3, 0.4) is 0 Å². The fourth-order valence-electron chi connectivity index (χ4n) is 1.71. The van der Waals surface area contributed by atoms with E-state index < -0.39 is 22.3 Å². The number of carbonyl (C=O) groups excluding carboxylic acids is 1. The number of ether oxygens (including phenoxy) is 1. The van der Waals surface area contributed by atoms with E-state index in [0.717, 1.165) is 9.64 Å². The average Bonchev–Trinajstić information content (AvgIpc) is 2.55. The number of phenolic OH excluding ortho intramolecular Hbond substituents is 1. The predicted molar refractivity (Wildman–Crippen MR) is 100 cm³/mol. The van der Waals surface area contributed by atoms with Gasteiger partial charge in [-0.25, -0.2) is 5.43 Å². The van der Waals surface area contributed by atoms with E-state index in [0.29, 0.717) is 16.3 Å². The van der Waals surface area contributed by atoms with Crippen molar-refractivity contribution in [2.45, 2.75) is 0 Å². The van der Waals surface area contributed by atoms with E-state index in [1.165, 1.54) is 18.3 Å². The Morgan fingerprint density at radius 3 is 2.84 bits per heavy atom. The van der Waals surface area contributed by atoms with Crippen molar-refractivity contribution in [1.82, 2.24) is 5.43 Å². The van der Waals surface area contributed by atoms with Gasteiger partial charge in [-0.2, -0.15) is 5.10 Å². The molecule has 0 unspecified atom stereocenters. The van der Waals surface area contributed by atoms with Crippen molar-refractivity contribution in [2.75, 3.05) is 6.61 Å². The fourth-order valence-corrected chi connectivity index (χ4v) is 2.74. The lowest BCUT2D eigenvalue weighted by Gasteiger charge is -2.07. The van der Waals surface area contributed by atoms with Crippen LogP contribution in [0.25, 0.3) is 0 Å². The maximum absolute atomic E-state index is 11.7. The number of nitrogens with one attached hydrogen (secondary N) is 1. The topological polar surface area (TPSA) is 114 Å². The molecule has 2 aromatic carbocycles. The molecular weight excluding hydrogens is 465 g/mol. The minimum absolute atomic E-state index is 0.259. The lowest BCUT2D eigenvalue weighted by Crippen LogP contribution is -2.24. The molecular formula is C15H11ClIN3O5. The molecule has 0 aliphatic heterocycles. The van der Waals surface area contributed by atoms with Crippen molar-refractivity contribution < 1.29 is 19.6 Å². The largest absolute Gasteiger partial charge is 0.502 e. The molecule has 0 saturated heterocycles. The zero-order chi connectivity index (χ0) is 18.4. The van der Waals surface area contributed by atoms with Crippen LogP contribution in [0.15, 0.2) is 41.5 Å². The number of amides is 1. The highest BCUT2D eigenvalue weighted by molar-refractivity contribution is 14.1. The summed E-state index contributed by atoms with van der Waals surface area (Å²) in [4.78, 5) is 21.7. The van der Waals surface area contributed by atoms with Gasteiger partial charge in [0.2, 0.25) is 0 Å². The molecule has 8 nitrogen and oxygen atoms in total. The molecule has 0 fully saturated rings. The SMILES string of the molecule is O=C(COc1ccc(Cl)cc1I)N/N=C\c1ccc(O)c([N+](=O)[O-])c1. The Morgan fingerprint density at radius 1 is 1.40 bits per heavy atom. The van der Waals surface area contributed by atoms with E-state index in [4.69, 9.17) is 16.3 Å². The van der Waals surface area contributed by atoms with Gasteiger partial charge in [-0.05, 0) is 52.9 Å². The van der Waals surface area contributed by atoms with Crippen LogP contribution < -0.4 is 10.2 Å².